The van der Waals surface area contributed by atoms with Crippen LogP contribution in [0.25, 0.3) is 12.3 Å². The van der Waals surface area contributed by atoms with Crippen LogP contribution >= 0.6 is 0 Å². The van der Waals surface area contributed by atoms with Gasteiger partial charge < -0.3 is 4.74 Å². The first-order chi connectivity index (χ1) is 5.79. The molecule has 0 aromatic carbocycles. The van der Waals surface area contributed by atoms with Gasteiger partial charge in [0, 0.05) is 6.20 Å². The van der Waals surface area contributed by atoms with Gasteiger partial charge in [-0.15, -0.1) is 0 Å². The van der Waals surface area contributed by atoms with E-state index in [9.17, 15) is 0 Å². The van der Waals surface area contributed by atoms with Crippen LogP contribution in [0.2, 0.25) is 0 Å². The van der Waals surface area contributed by atoms with Crippen LogP contribution in [0, 0.1) is 0 Å². The Morgan fingerprint density at radius 3 is 2.92 bits per heavy atom. The number of pyridine rings is 1. The maximum Gasteiger partial charge on any atom is 0.144 e. The van der Waals surface area contributed by atoms with E-state index < -0.39 is 0 Å². The van der Waals surface area contributed by atoms with Gasteiger partial charge in [0.05, 0.1) is 7.11 Å². The molecule has 0 radical (unpaired) electrons. The van der Waals surface area contributed by atoms with Gasteiger partial charge in [0.2, 0.25) is 0 Å². The Labute approximate surface area is 71.5 Å². The summed E-state index contributed by atoms with van der Waals surface area (Å²) in [6.45, 7) is 7.45. The van der Waals surface area contributed by atoms with E-state index in [0.29, 0.717) is 5.76 Å². The molecule has 1 aromatic heterocycles. The van der Waals surface area contributed by atoms with Crippen molar-refractivity contribution in [3.05, 3.63) is 41.6 Å². The molecule has 0 aliphatic heterocycles. The van der Waals surface area contributed by atoms with E-state index in [1.807, 2.05) is 12.1 Å². The van der Waals surface area contributed by atoms with Gasteiger partial charge in [0.15, 0.2) is 0 Å². The molecule has 0 unspecified atom stereocenters. The zero-order chi connectivity index (χ0) is 8.97. The molecule has 0 aliphatic rings. The average Bonchev–Trinajstić information content (AvgIpc) is 2.10. The minimum Gasteiger partial charge on any atom is -0.494 e. The molecule has 0 saturated heterocycles. The number of rotatable bonds is 2. The first-order valence-corrected chi connectivity index (χ1v) is 3.60. The summed E-state index contributed by atoms with van der Waals surface area (Å²) in [7, 11) is 1.59. The molecule has 0 amide bonds. The van der Waals surface area contributed by atoms with Crippen molar-refractivity contribution in [3.63, 3.8) is 0 Å². The van der Waals surface area contributed by atoms with Gasteiger partial charge >= 0.3 is 0 Å². The number of hydrogen-bond acceptors (Lipinski definition) is 2. The molecule has 0 spiro atoms. The molecule has 62 valence electrons. The van der Waals surface area contributed by atoms with Crippen molar-refractivity contribution in [2.75, 3.05) is 7.11 Å². The Kier molecular flexibility index (Phi) is 2.64. The Balaban J connectivity index is 3.53. The normalized spacial score (nSPS) is 12.1. The van der Waals surface area contributed by atoms with E-state index in [0.717, 1.165) is 10.6 Å². The molecule has 1 rings (SSSR count). The molecule has 2 heteroatoms. The second-order valence-corrected chi connectivity index (χ2v) is 2.28. The fraction of sp³-hybridized carbons (Fsp3) is 0.100. The number of aromatic nitrogens is 1. The average molecular weight is 161 g/mol. The van der Waals surface area contributed by atoms with E-state index in [1.54, 1.807) is 19.4 Å². The highest BCUT2D eigenvalue weighted by Gasteiger charge is 1.91. The molecule has 0 aliphatic carbocycles. The van der Waals surface area contributed by atoms with Crippen LogP contribution in [-0.4, -0.2) is 12.1 Å². The summed E-state index contributed by atoms with van der Waals surface area (Å²) in [5.74, 6) is 0.653. The Bertz CT molecular complexity index is 381. The number of nitrogens with zero attached hydrogens (tertiary/aromatic N) is 1. The number of ether oxygens (including phenoxy) is 1. The van der Waals surface area contributed by atoms with Gasteiger partial charge in [-0.1, -0.05) is 19.2 Å². The highest BCUT2D eigenvalue weighted by molar-refractivity contribution is 5.46. The zero-order valence-electron chi connectivity index (χ0n) is 7.08. The summed E-state index contributed by atoms with van der Waals surface area (Å²) in [6.07, 6.45) is 3.32. The lowest BCUT2D eigenvalue weighted by molar-refractivity contribution is 0.368. The monoisotopic (exact) mass is 161 g/mol. The highest BCUT2D eigenvalue weighted by Crippen LogP contribution is 1.90. The predicted molar refractivity (Wildman–Crippen MR) is 49.6 cm³/mol. The molecule has 0 fully saturated rings. The standard InChI is InChI=1S/C10H11NO/c1-4-9(12-3)10-8(2)6-5-7-11-10/h4-7H,1-2H2,3H3. The van der Waals surface area contributed by atoms with Crippen molar-refractivity contribution in [3.8, 4) is 0 Å². The van der Waals surface area contributed by atoms with Crippen LogP contribution in [0.15, 0.2) is 31.0 Å². The third-order valence-electron chi connectivity index (χ3n) is 1.53. The van der Waals surface area contributed by atoms with Gasteiger partial charge in [-0.05, 0) is 17.4 Å². The SMILES string of the molecule is C=CC(OC)=c1ncccc1=C. The smallest absolute Gasteiger partial charge is 0.144 e. The summed E-state index contributed by atoms with van der Waals surface area (Å²) >= 11 is 0. The van der Waals surface area contributed by atoms with Gasteiger partial charge in [0.1, 0.15) is 11.1 Å². The van der Waals surface area contributed by atoms with Crippen molar-refractivity contribution in [1.82, 2.24) is 4.98 Å². The van der Waals surface area contributed by atoms with Crippen molar-refractivity contribution in [2.45, 2.75) is 0 Å². The molecule has 1 heterocycles. The lowest BCUT2D eigenvalue weighted by atomic mass is 10.3. The van der Waals surface area contributed by atoms with Crippen molar-refractivity contribution in [1.29, 1.82) is 0 Å². The van der Waals surface area contributed by atoms with Gasteiger partial charge in [0.25, 0.3) is 0 Å². The van der Waals surface area contributed by atoms with Crippen LogP contribution in [0.1, 0.15) is 0 Å². The first kappa shape index (κ1) is 8.53. The highest BCUT2D eigenvalue weighted by atomic mass is 16.5. The largest absolute Gasteiger partial charge is 0.494 e. The molecule has 0 atom stereocenters. The van der Waals surface area contributed by atoms with Gasteiger partial charge in [-0.2, -0.15) is 0 Å². The fourth-order valence-corrected chi connectivity index (χ4v) is 0.937. The van der Waals surface area contributed by atoms with Crippen LogP contribution in [-0.2, 0) is 4.74 Å². The molecular weight excluding hydrogens is 150 g/mol. The summed E-state index contributed by atoms with van der Waals surface area (Å²) < 4.78 is 5.06. The van der Waals surface area contributed by atoms with Crippen LogP contribution in [0.5, 0.6) is 0 Å². The zero-order valence-corrected chi connectivity index (χ0v) is 7.08. The van der Waals surface area contributed by atoms with Crippen LogP contribution in [0.3, 0.4) is 0 Å². The third kappa shape index (κ3) is 1.53. The minimum atomic E-state index is 0.653. The minimum absolute atomic E-state index is 0.653. The van der Waals surface area contributed by atoms with Crippen molar-refractivity contribution < 1.29 is 4.74 Å². The molecule has 0 N–H and O–H groups in total. The molecule has 0 bridgehead atoms. The van der Waals surface area contributed by atoms with Gasteiger partial charge in [-0.25, -0.2) is 0 Å². The Morgan fingerprint density at radius 2 is 2.42 bits per heavy atom. The molecule has 0 saturated carbocycles. The summed E-state index contributed by atoms with van der Waals surface area (Å²) in [5.41, 5.74) is 0. The van der Waals surface area contributed by atoms with E-state index in [4.69, 9.17) is 4.74 Å². The third-order valence-corrected chi connectivity index (χ3v) is 1.53. The maximum atomic E-state index is 5.06. The number of hydrogen-bond donors (Lipinski definition) is 0. The fourth-order valence-electron chi connectivity index (χ4n) is 0.937. The Morgan fingerprint density at radius 1 is 1.67 bits per heavy atom. The van der Waals surface area contributed by atoms with E-state index in [2.05, 4.69) is 18.1 Å². The first-order valence-electron chi connectivity index (χ1n) is 3.60. The topological polar surface area (TPSA) is 22.1 Å². The summed E-state index contributed by atoms with van der Waals surface area (Å²) in [4.78, 5) is 4.12. The van der Waals surface area contributed by atoms with Crippen LogP contribution in [0.4, 0.5) is 0 Å². The predicted octanol–water partition coefficient (Wildman–Crippen LogP) is 0.433. The second-order valence-electron chi connectivity index (χ2n) is 2.28. The lowest BCUT2D eigenvalue weighted by Crippen LogP contribution is -2.28. The van der Waals surface area contributed by atoms with E-state index >= 15 is 0 Å². The summed E-state index contributed by atoms with van der Waals surface area (Å²) in [6, 6.07) is 3.72. The Hall–Kier alpha value is -1.57. The molecule has 1 aromatic rings. The van der Waals surface area contributed by atoms with Gasteiger partial charge in [-0.3, -0.25) is 4.98 Å². The summed E-state index contributed by atoms with van der Waals surface area (Å²) in [5, 5.41) is 1.59. The van der Waals surface area contributed by atoms with E-state index in [1.165, 1.54) is 0 Å². The van der Waals surface area contributed by atoms with Crippen LogP contribution < -0.4 is 10.6 Å². The quantitative estimate of drug-likeness (QED) is 0.627. The number of methoxy groups -OCH3 is 1. The van der Waals surface area contributed by atoms with Crippen molar-refractivity contribution in [2.24, 2.45) is 0 Å². The lowest BCUT2D eigenvalue weighted by Gasteiger charge is -1.97. The second kappa shape index (κ2) is 3.72. The van der Waals surface area contributed by atoms with Crippen molar-refractivity contribution >= 4 is 12.3 Å². The maximum absolute atomic E-state index is 5.06. The molecule has 2 nitrogen and oxygen atoms in total. The van der Waals surface area contributed by atoms with E-state index in [-0.39, 0.29) is 0 Å². The molecular formula is C10H11NO. The molecule has 12 heavy (non-hydrogen) atoms.